The topological polar surface area (TPSA) is 72.8 Å². The number of aliphatic hydroxyl groups is 1. The van der Waals surface area contributed by atoms with Crippen molar-refractivity contribution >= 4 is 6.15 Å². The van der Waals surface area contributed by atoms with E-state index < -0.39 is 0 Å². The van der Waals surface area contributed by atoms with Gasteiger partial charge >= 0.3 is 6.15 Å². The van der Waals surface area contributed by atoms with Crippen molar-refractivity contribution in [1.29, 1.82) is 0 Å². The molecule has 0 aliphatic rings. The lowest BCUT2D eigenvalue weighted by molar-refractivity contribution is -0.282. The molecule has 0 aromatic heterocycles. The molecule has 1 aromatic carbocycles. The molecule has 19 heavy (non-hydrogen) atoms. The highest BCUT2D eigenvalue weighted by atomic mass is 17.2. The first-order valence-corrected chi connectivity index (χ1v) is 5.12. The third kappa shape index (κ3) is 12.7. The molecular formula is C14H24O5. The summed E-state index contributed by atoms with van der Waals surface area (Å²) in [4.78, 5) is 25.6. The van der Waals surface area contributed by atoms with Crippen molar-refractivity contribution in [3.8, 4) is 0 Å². The molecule has 0 unspecified atom stereocenters. The van der Waals surface area contributed by atoms with Crippen LogP contribution in [0.15, 0.2) is 24.3 Å². The highest BCUT2D eigenvalue weighted by molar-refractivity contribution is 5.22. The second-order valence-corrected chi connectivity index (χ2v) is 3.16. The molecule has 0 aliphatic carbocycles. The molecule has 1 rings (SSSR count). The minimum absolute atomic E-state index is 0. The SMILES string of the molecule is C.C.COOCc1ccc(CCCO)cc1.O=C=O. The van der Waals surface area contributed by atoms with Gasteiger partial charge in [-0.05, 0) is 24.0 Å². The Kier molecular flexibility index (Phi) is 19.6. The predicted octanol–water partition coefficient (Wildman–Crippen LogP) is 2.38. The van der Waals surface area contributed by atoms with Crippen molar-refractivity contribution in [3.05, 3.63) is 35.4 Å². The summed E-state index contributed by atoms with van der Waals surface area (Å²) in [6.45, 7) is 0.714. The molecule has 5 heteroatoms. The highest BCUT2D eigenvalue weighted by Crippen LogP contribution is 2.07. The Morgan fingerprint density at radius 1 is 1.11 bits per heavy atom. The molecule has 0 atom stereocenters. The third-order valence-electron chi connectivity index (χ3n) is 1.99. The van der Waals surface area contributed by atoms with Crippen LogP contribution in [0.3, 0.4) is 0 Å². The average molecular weight is 272 g/mol. The maximum absolute atomic E-state index is 8.66. The summed E-state index contributed by atoms with van der Waals surface area (Å²) in [5.74, 6) is 0. The third-order valence-corrected chi connectivity index (χ3v) is 1.99. The van der Waals surface area contributed by atoms with E-state index in [9.17, 15) is 0 Å². The zero-order chi connectivity index (χ0) is 12.9. The summed E-state index contributed by atoms with van der Waals surface area (Å²) in [5, 5.41) is 8.66. The summed E-state index contributed by atoms with van der Waals surface area (Å²) in [6, 6.07) is 8.10. The number of carbonyl (C=O) groups excluding carboxylic acids is 2. The molecule has 0 fully saturated rings. The Labute approximate surface area is 115 Å². The molecule has 0 saturated carbocycles. The first-order chi connectivity index (χ1) is 8.28. The van der Waals surface area contributed by atoms with Crippen LogP contribution in [0.4, 0.5) is 0 Å². The molecule has 0 aliphatic heterocycles. The second kappa shape index (κ2) is 16.5. The molecule has 0 amide bonds. The van der Waals surface area contributed by atoms with Gasteiger partial charge in [0.05, 0.1) is 7.11 Å². The number of hydrogen-bond donors (Lipinski definition) is 1. The van der Waals surface area contributed by atoms with Gasteiger partial charge in [0.1, 0.15) is 6.61 Å². The maximum atomic E-state index is 8.66. The summed E-state index contributed by atoms with van der Waals surface area (Å²) in [5.41, 5.74) is 2.32. The zero-order valence-corrected chi connectivity index (χ0v) is 9.72. The Morgan fingerprint density at radius 2 is 1.58 bits per heavy atom. The predicted molar refractivity (Wildman–Crippen MR) is 72.1 cm³/mol. The van der Waals surface area contributed by atoms with E-state index in [4.69, 9.17) is 19.6 Å². The van der Waals surface area contributed by atoms with Crippen LogP contribution in [-0.4, -0.2) is 25.0 Å². The van der Waals surface area contributed by atoms with Gasteiger partial charge in [-0.1, -0.05) is 39.1 Å². The van der Waals surface area contributed by atoms with Gasteiger partial charge in [-0.2, -0.15) is 9.59 Å². The van der Waals surface area contributed by atoms with Crippen molar-refractivity contribution in [2.24, 2.45) is 0 Å². The standard InChI is InChI=1S/C11H16O3.CO2.2CH4/c1-13-14-9-11-6-4-10(5-7-11)3-2-8-12;2-1-3;;/h4-7,12H,2-3,8-9H2,1H3;;2*1H4. The molecule has 110 valence electrons. The summed E-state index contributed by atoms with van der Waals surface area (Å²) >= 11 is 0. The Morgan fingerprint density at radius 3 is 2.00 bits per heavy atom. The fourth-order valence-electron chi connectivity index (χ4n) is 1.21. The van der Waals surface area contributed by atoms with Crippen LogP contribution in [-0.2, 0) is 32.4 Å². The normalized spacial score (nSPS) is 8.11. The van der Waals surface area contributed by atoms with E-state index in [1.807, 2.05) is 24.3 Å². The van der Waals surface area contributed by atoms with Gasteiger partial charge in [-0.3, -0.25) is 0 Å². The van der Waals surface area contributed by atoms with Gasteiger partial charge in [-0.25, -0.2) is 9.78 Å². The fourth-order valence-corrected chi connectivity index (χ4v) is 1.21. The number of aryl methyl sites for hydroxylation is 1. The Balaban J connectivity index is -0.000000468. The van der Waals surface area contributed by atoms with E-state index in [1.54, 1.807) is 0 Å². The maximum Gasteiger partial charge on any atom is 0.373 e. The van der Waals surface area contributed by atoms with Gasteiger partial charge in [-0.15, -0.1) is 0 Å². The second-order valence-electron chi connectivity index (χ2n) is 3.16. The van der Waals surface area contributed by atoms with E-state index in [0.29, 0.717) is 6.61 Å². The van der Waals surface area contributed by atoms with E-state index >= 15 is 0 Å². The molecule has 0 saturated heterocycles. The summed E-state index contributed by atoms with van der Waals surface area (Å²) in [6.07, 6.45) is 1.98. The van der Waals surface area contributed by atoms with Crippen molar-refractivity contribution < 1.29 is 24.5 Å². The lowest BCUT2D eigenvalue weighted by Crippen LogP contribution is -1.93. The smallest absolute Gasteiger partial charge is 0.373 e. The number of aliphatic hydroxyl groups excluding tert-OH is 1. The molecule has 0 heterocycles. The van der Waals surface area contributed by atoms with Crippen LogP contribution in [0, 0.1) is 0 Å². The lowest BCUT2D eigenvalue weighted by Gasteiger charge is -2.02. The van der Waals surface area contributed by atoms with Gasteiger partial charge < -0.3 is 5.11 Å². The van der Waals surface area contributed by atoms with Crippen molar-refractivity contribution in [2.45, 2.75) is 34.3 Å². The molecule has 0 radical (unpaired) electrons. The van der Waals surface area contributed by atoms with Gasteiger partial charge in [0.2, 0.25) is 0 Å². The average Bonchev–Trinajstić information content (AvgIpc) is 2.36. The molecule has 5 nitrogen and oxygen atoms in total. The van der Waals surface area contributed by atoms with E-state index in [1.165, 1.54) is 12.7 Å². The first kappa shape index (κ1) is 22.6. The van der Waals surface area contributed by atoms with Crippen molar-refractivity contribution in [3.63, 3.8) is 0 Å². The van der Waals surface area contributed by atoms with Crippen LogP contribution in [0.5, 0.6) is 0 Å². The molecular weight excluding hydrogens is 248 g/mol. The molecule has 1 N–H and O–H groups in total. The highest BCUT2D eigenvalue weighted by Gasteiger charge is 1.95. The Hall–Kier alpha value is -1.52. The van der Waals surface area contributed by atoms with Crippen molar-refractivity contribution in [1.82, 2.24) is 0 Å². The quantitative estimate of drug-likeness (QED) is 0.636. The largest absolute Gasteiger partial charge is 0.396 e. The number of rotatable bonds is 6. The minimum atomic E-state index is 0. The van der Waals surface area contributed by atoms with Crippen LogP contribution >= 0.6 is 0 Å². The molecule has 0 bridgehead atoms. The molecule has 0 spiro atoms. The number of hydrogen-bond acceptors (Lipinski definition) is 5. The minimum Gasteiger partial charge on any atom is -0.396 e. The van der Waals surface area contributed by atoms with E-state index in [2.05, 4.69) is 4.89 Å². The van der Waals surface area contributed by atoms with Gasteiger partial charge in [0.15, 0.2) is 0 Å². The molecule has 1 aromatic rings. The van der Waals surface area contributed by atoms with E-state index in [-0.39, 0.29) is 27.6 Å². The summed E-state index contributed by atoms with van der Waals surface area (Å²) in [7, 11) is 1.50. The van der Waals surface area contributed by atoms with Crippen LogP contribution < -0.4 is 0 Å². The van der Waals surface area contributed by atoms with E-state index in [0.717, 1.165) is 18.4 Å². The number of benzene rings is 1. The van der Waals surface area contributed by atoms with Crippen LogP contribution in [0.2, 0.25) is 0 Å². The van der Waals surface area contributed by atoms with Crippen LogP contribution in [0.25, 0.3) is 0 Å². The summed E-state index contributed by atoms with van der Waals surface area (Å²) < 4.78 is 0. The zero-order valence-electron chi connectivity index (χ0n) is 9.72. The fraction of sp³-hybridized carbons (Fsp3) is 0.500. The van der Waals surface area contributed by atoms with Gasteiger partial charge in [0, 0.05) is 6.61 Å². The first-order valence-electron chi connectivity index (χ1n) is 5.12. The monoisotopic (exact) mass is 272 g/mol. The lowest BCUT2D eigenvalue weighted by atomic mass is 10.1. The van der Waals surface area contributed by atoms with Crippen LogP contribution in [0.1, 0.15) is 32.4 Å². The van der Waals surface area contributed by atoms with Gasteiger partial charge in [0.25, 0.3) is 0 Å². The van der Waals surface area contributed by atoms with Crippen molar-refractivity contribution in [2.75, 3.05) is 13.7 Å². The Bertz CT molecular complexity index is 288.